The Labute approximate surface area is 129 Å². The molecule has 1 aliphatic carbocycles. The number of aliphatic hydroxyl groups is 1. The topological polar surface area (TPSA) is 49.3 Å². The largest absolute Gasteiger partial charge is 0.394 e. The van der Waals surface area contributed by atoms with Gasteiger partial charge in [0, 0.05) is 15.5 Å². The lowest BCUT2D eigenvalue weighted by Gasteiger charge is -2.39. The first-order valence-electron chi connectivity index (χ1n) is 7.53. The van der Waals surface area contributed by atoms with Gasteiger partial charge in [-0.2, -0.15) is 0 Å². The first kappa shape index (κ1) is 14.5. The third-order valence-electron chi connectivity index (χ3n) is 4.50. The quantitative estimate of drug-likeness (QED) is 0.910. The van der Waals surface area contributed by atoms with Gasteiger partial charge in [0.05, 0.1) is 17.7 Å². The van der Waals surface area contributed by atoms with Crippen molar-refractivity contribution in [3.8, 4) is 0 Å². The molecule has 0 spiro atoms. The van der Waals surface area contributed by atoms with Gasteiger partial charge in [0.15, 0.2) is 0 Å². The highest BCUT2D eigenvalue weighted by molar-refractivity contribution is 7.17. The summed E-state index contributed by atoms with van der Waals surface area (Å²) in [5.74, 6) is 0.487. The lowest BCUT2D eigenvalue weighted by Crippen LogP contribution is -2.53. The number of carbonyl (C=O) groups excluding carboxylic acids is 1. The molecule has 2 aromatic rings. The maximum absolute atomic E-state index is 12.6. The second kappa shape index (κ2) is 5.78. The van der Waals surface area contributed by atoms with Crippen LogP contribution >= 0.6 is 11.3 Å². The minimum atomic E-state index is -0.447. The van der Waals surface area contributed by atoms with Gasteiger partial charge in [0.25, 0.3) is 5.91 Å². The van der Waals surface area contributed by atoms with Crippen LogP contribution in [-0.2, 0) is 0 Å². The van der Waals surface area contributed by atoms with Crippen molar-refractivity contribution in [2.75, 3.05) is 6.61 Å². The van der Waals surface area contributed by atoms with Crippen LogP contribution in [0.2, 0.25) is 0 Å². The van der Waals surface area contributed by atoms with Crippen molar-refractivity contribution in [1.29, 1.82) is 0 Å². The van der Waals surface area contributed by atoms with E-state index in [1.165, 1.54) is 6.42 Å². The van der Waals surface area contributed by atoms with Crippen molar-refractivity contribution in [3.63, 3.8) is 0 Å². The van der Waals surface area contributed by atoms with Crippen LogP contribution in [0.25, 0.3) is 10.1 Å². The molecule has 1 amide bonds. The summed E-state index contributed by atoms with van der Waals surface area (Å²) < 4.78 is 1.12. The summed E-state index contributed by atoms with van der Waals surface area (Å²) in [4.78, 5) is 12.6. The molecule has 4 heteroatoms. The van der Waals surface area contributed by atoms with Crippen molar-refractivity contribution in [2.24, 2.45) is 5.92 Å². The van der Waals surface area contributed by atoms with Gasteiger partial charge in [0.2, 0.25) is 0 Å². The van der Waals surface area contributed by atoms with E-state index in [0.29, 0.717) is 5.92 Å². The third-order valence-corrected chi connectivity index (χ3v) is 5.46. The fraction of sp³-hybridized carbons (Fsp3) is 0.471. The summed E-state index contributed by atoms with van der Waals surface area (Å²) in [5.41, 5.74) is 0.277. The highest BCUT2D eigenvalue weighted by Gasteiger charge is 2.36. The van der Waals surface area contributed by atoms with E-state index in [2.05, 4.69) is 12.2 Å². The number of benzene rings is 1. The van der Waals surface area contributed by atoms with Crippen LogP contribution in [0.4, 0.5) is 0 Å². The number of carbonyl (C=O) groups is 1. The maximum Gasteiger partial charge on any atom is 0.253 e. The van der Waals surface area contributed by atoms with Gasteiger partial charge in [0.1, 0.15) is 0 Å². The van der Waals surface area contributed by atoms with E-state index < -0.39 is 5.54 Å². The van der Waals surface area contributed by atoms with Crippen molar-refractivity contribution in [3.05, 3.63) is 35.2 Å². The molecule has 1 saturated carbocycles. The van der Waals surface area contributed by atoms with Crippen molar-refractivity contribution < 1.29 is 9.90 Å². The van der Waals surface area contributed by atoms with Gasteiger partial charge < -0.3 is 10.4 Å². The average molecular weight is 303 g/mol. The van der Waals surface area contributed by atoms with Crippen molar-refractivity contribution in [2.45, 2.75) is 38.1 Å². The number of rotatable bonds is 3. The molecule has 1 aromatic heterocycles. The van der Waals surface area contributed by atoms with E-state index in [4.69, 9.17) is 0 Å². The standard InChI is InChI=1S/C17H21NO2S/c1-12-5-4-8-17(9-12,11-19)18-16(20)14-10-21-15-7-3-2-6-13(14)15/h2-3,6-7,10,12,19H,4-5,8-9,11H2,1H3,(H,18,20). The Morgan fingerprint density at radius 3 is 3.05 bits per heavy atom. The molecule has 112 valence electrons. The maximum atomic E-state index is 12.6. The molecule has 3 rings (SSSR count). The highest BCUT2D eigenvalue weighted by Crippen LogP contribution is 2.33. The molecule has 1 fully saturated rings. The molecule has 2 unspecified atom stereocenters. The van der Waals surface area contributed by atoms with Gasteiger partial charge in [-0.1, -0.05) is 38.0 Å². The van der Waals surface area contributed by atoms with Crippen LogP contribution < -0.4 is 5.32 Å². The molecule has 0 aliphatic heterocycles. The van der Waals surface area contributed by atoms with Crippen LogP contribution in [0.15, 0.2) is 29.6 Å². The Morgan fingerprint density at radius 1 is 1.48 bits per heavy atom. The summed E-state index contributed by atoms with van der Waals surface area (Å²) in [6.45, 7) is 2.21. The molecular formula is C17H21NO2S. The highest BCUT2D eigenvalue weighted by atomic mass is 32.1. The summed E-state index contributed by atoms with van der Waals surface area (Å²) in [6.07, 6.45) is 3.96. The predicted octanol–water partition coefficient (Wildman–Crippen LogP) is 3.57. The first-order chi connectivity index (χ1) is 10.1. The van der Waals surface area contributed by atoms with Crippen LogP contribution in [0.1, 0.15) is 43.0 Å². The zero-order chi connectivity index (χ0) is 14.9. The molecule has 2 N–H and O–H groups in total. The number of fused-ring (bicyclic) bond motifs is 1. The number of hydrogen-bond acceptors (Lipinski definition) is 3. The molecule has 0 bridgehead atoms. The van der Waals surface area contributed by atoms with Crippen LogP contribution in [0.3, 0.4) is 0 Å². The monoisotopic (exact) mass is 303 g/mol. The van der Waals surface area contributed by atoms with Gasteiger partial charge in [-0.3, -0.25) is 4.79 Å². The van der Waals surface area contributed by atoms with Gasteiger partial charge >= 0.3 is 0 Å². The smallest absolute Gasteiger partial charge is 0.253 e. The zero-order valence-electron chi connectivity index (χ0n) is 12.3. The minimum Gasteiger partial charge on any atom is -0.394 e. The average Bonchev–Trinajstić information content (AvgIpc) is 2.91. The number of nitrogens with one attached hydrogen (secondary N) is 1. The van der Waals surface area contributed by atoms with Crippen LogP contribution in [0.5, 0.6) is 0 Å². The zero-order valence-corrected chi connectivity index (χ0v) is 13.1. The summed E-state index contributed by atoms with van der Waals surface area (Å²) in [7, 11) is 0. The predicted molar refractivity (Wildman–Crippen MR) is 86.7 cm³/mol. The molecule has 3 nitrogen and oxygen atoms in total. The van der Waals surface area contributed by atoms with Crippen LogP contribution in [0, 0.1) is 5.92 Å². The van der Waals surface area contributed by atoms with E-state index in [1.54, 1.807) is 11.3 Å². The molecule has 1 aliphatic rings. The van der Waals surface area contributed by atoms with Gasteiger partial charge in [-0.05, 0) is 24.8 Å². The molecule has 2 atom stereocenters. The van der Waals surface area contributed by atoms with Crippen molar-refractivity contribution in [1.82, 2.24) is 5.32 Å². The van der Waals surface area contributed by atoms with Crippen molar-refractivity contribution >= 4 is 27.3 Å². The van der Waals surface area contributed by atoms with E-state index in [0.717, 1.165) is 34.9 Å². The van der Waals surface area contributed by atoms with E-state index >= 15 is 0 Å². The minimum absolute atomic E-state index is 0.0190. The van der Waals surface area contributed by atoms with E-state index in [1.807, 2.05) is 29.6 Å². The van der Waals surface area contributed by atoms with Gasteiger partial charge in [-0.25, -0.2) is 0 Å². The molecule has 1 aromatic carbocycles. The fourth-order valence-corrected chi connectivity index (χ4v) is 4.36. The Hall–Kier alpha value is -1.39. The first-order valence-corrected chi connectivity index (χ1v) is 8.41. The fourth-order valence-electron chi connectivity index (χ4n) is 3.42. The number of amides is 1. The Balaban J connectivity index is 1.85. The number of hydrogen-bond donors (Lipinski definition) is 2. The lowest BCUT2D eigenvalue weighted by atomic mass is 9.76. The lowest BCUT2D eigenvalue weighted by molar-refractivity contribution is 0.0699. The Kier molecular flexibility index (Phi) is 4.00. The second-order valence-electron chi connectivity index (χ2n) is 6.24. The number of thiophene rings is 1. The normalized spacial score (nSPS) is 25.9. The second-order valence-corrected chi connectivity index (χ2v) is 7.15. The molecular weight excluding hydrogens is 282 g/mol. The summed E-state index contributed by atoms with van der Waals surface area (Å²) in [6, 6.07) is 7.95. The third kappa shape index (κ3) is 2.83. The Morgan fingerprint density at radius 2 is 2.29 bits per heavy atom. The summed E-state index contributed by atoms with van der Waals surface area (Å²) >= 11 is 1.59. The number of aliphatic hydroxyl groups excluding tert-OH is 1. The van der Waals surface area contributed by atoms with E-state index in [9.17, 15) is 9.90 Å². The Bertz CT molecular complexity index is 651. The molecule has 0 saturated heterocycles. The molecule has 21 heavy (non-hydrogen) atoms. The molecule has 1 heterocycles. The summed E-state index contributed by atoms with van der Waals surface area (Å²) in [5, 5.41) is 15.8. The van der Waals surface area contributed by atoms with E-state index in [-0.39, 0.29) is 12.5 Å². The SMILES string of the molecule is CC1CCCC(CO)(NC(=O)c2csc3ccccc23)C1. The molecule has 0 radical (unpaired) electrons. The van der Waals surface area contributed by atoms with Gasteiger partial charge in [-0.15, -0.1) is 11.3 Å². The van der Waals surface area contributed by atoms with Crippen LogP contribution in [-0.4, -0.2) is 23.2 Å².